The number of sulfonamides is 1. The van der Waals surface area contributed by atoms with Crippen LogP contribution in [0.4, 0.5) is 24.5 Å². The summed E-state index contributed by atoms with van der Waals surface area (Å²) in [5, 5.41) is 5.08. The Hall–Kier alpha value is -3.99. The number of hydrogen-bond acceptors (Lipinski definition) is 9. The van der Waals surface area contributed by atoms with Crippen molar-refractivity contribution < 1.29 is 39.6 Å². The number of hydrogen-bond donors (Lipinski definition) is 3. The van der Waals surface area contributed by atoms with Crippen LogP contribution in [0, 0.1) is 0 Å². The molecule has 0 atom stereocenters. The van der Waals surface area contributed by atoms with Gasteiger partial charge in [-0.2, -0.15) is 21.6 Å². The topological polar surface area (TPSA) is 169 Å². The summed E-state index contributed by atoms with van der Waals surface area (Å²) in [6.07, 6.45) is 2.67. The van der Waals surface area contributed by atoms with Crippen LogP contribution in [0.15, 0.2) is 47.9 Å². The zero-order chi connectivity index (χ0) is 25.8. The van der Waals surface area contributed by atoms with Gasteiger partial charge in [0.1, 0.15) is 11.8 Å². The lowest BCUT2D eigenvalue weighted by atomic mass is 10.1. The van der Waals surface area contributed by atoms with Gasteiger partial charge in [0.25, 0.3) is 15.9 Å². The Morgan fingerprint density at radius 3 is 2.37 bits per heavy atom. The number of carbonyl (C=O) groups is 2. The largest absolute Gasteiger partial charge is 0.517 e. The van der Waals surface area contributed by atoms with Gasteiger partial charge in [0.05, 0.1) is 22.4 Å². The number of pyridine rings is 1. The standard InChI is InChI=1S/C18H13F3N6O6S2/c1-9(28)26-34(30,31)11-4-2-10(3-5-11)22-6-12-14-13(25-17(12)29)7-23-16-15(14)27(8-24-16)35(32,33)18(19,20)21/h2-8,22H,1H3,(H,25,29)(H,26,28)/b12-6-. The lowest BCUT2D eigenvalue weighted by Crippen LogP contribution is -2.29. The third-order valence-electron chi connectivity index (χ3n) is 4.68. The van der Waals surface area contributed by atoms with Crippen molar-refractivity contribution >= 4 is 60.0 Å². The van der Waals surface area contributed by atoms with Gasteiger partial charge in [-0.3, -0.25) is 9.59 Å². The SMILES string of the molecule is CC(=O)NS(=O)(=O)c1ccc(N/C=C2\C(=O)Nc3cnc4ncn(S(=O)(=O)C(F)(F)F)c4c32)cc1. The minimum atomic E-state index is -5.88. The summed E-state index contributed by atoms with van der Waals surface area (Å²) in [5.41, 5.74) is -6.70. The van der Waals surface area contributed by atoms with Crippen LogP contribution in [0.5, 0.6) is 0 Å². The van der Waals surface area contributed by atoms with Crippen molar-refractivity contribution in [3.8, 4) is 0 Å². The van der Waals surface area contributed by atoms with Gasteiger partial charge in [0, 0.05) is 24.4 Å². The average molecular weight is 530 g/mol. The van der Waals surface area contributed by atoms with E-state index >= 15 is 0 Å². The molecule has 2 aromatic heterocycles. The molecule has 0 radical (unpaired) electrons. The van der Waals surface area contributed by atoms with Crippen LogP contribution < -0.4 is 15.4 Å². The second kappa shape index (κ2) is 8.05. The Bertz CT molecular complexity index is 1630. The molecule has 1 aliphatic heterocycles. The number of fused-ring (bicyclic) bond motifs is 3. The van der Waals surface area contributed by atoms with E-state index in [9.17, 15) is 39.6 Å². The molecule has 35 heavy (non-hydrogen) atoms. The van der Waals surface area contributed by atoms with E-state index < -0.39 is 42.9 Å². The van der Waals surface area contributed by atoms with E-state index in [2.05, 4.69) is 20.6 Å². The predicted octanol–water partition coefficient (Wildman–Crippen LogP) is 1.36. The van der Waals surface area contributed by atoms with Gasteiger partial charge in [-0.1, -0.05) is 0 Å². The fraction of sp³-hybridized carbons (Fsp3) is 0.111. The molecule has 0 bridgehead atoms. The summed E-state index contributed by atoms with van der Waals surface area (Å²) in [4.78, 5) is 30.7. The maximum Gasteiger partial charge on any atom is 0.517 e. The molecule has 3 N–H and O–H groups in total. The maximum absolute atomic E-state index is 13.2. The van der Waals surface area contributed by atoms with Crippen molar-refractivity contribution in [3.05, 3.63) is 48.6 Å². The minimum Gasteiger partial charge on any atom is -0.361 e. The molecule has 1 aromatic carbocycles. The zero-order valence-electron chi connectivity index (χ0n) is 17.3. The number of nitrogens with zero attached hydrogens (tertiary/aromatic N) is 3. The smallest absolute Gasteiger partial charge is 0.361 e. The summed E-state index contributed by atoms with van der Waals surface area (Å²) in [5.74, 6) is -1.54. The van der Waals surface area contributed by atoms with Gasteiger partial charge >= 0.3 is 15.5 Å². The number of imidazole rings is 1. The van der Waals surface area contributed by atoms with Gasteiger partial charge in [-0.25, -0.2) is 27.1 Å². The molecule has 0 saturated heterocycles. The van der Waals surface area contributed by atoms with E-state index in [0.29, 0.717) is 6.33 Å². The Balaban J connectivity index is 1.75. The van der Waals surface area contributed by atoms with Crippen molar-refractivity contribution in [2.75, 3.05) is 10.6 Å². The third-order valence-corrected chi connectivity index (χ3v) is 7.51. The second-order valence-corrected chi connectivity index (χ2v) is 10.5. The monoisotopic (exact) mass is 530 g/mol. The van der Waals surface area contributed by atoms with Crippen LogP contribution in [-0.4, -0.2) is 48.1 Å². The van der Waals surface area contributed by atoms with Crippen molar-refractivity contribution in [2.24, 2.45) is 0 Å². The van der Waals surface area contributed by atoms with Crippen LogP contribution >= 0.6 is 0 Å². The highest BCUT2D eigenvalue weighted by Gasteiger charge is 2.49. The molecule has 2 amide bonds. The van der Waals surface area contributed by atoms with E-state index in [1.165, 1.54) is 24.3 Å². The number of carbonyl (C=O) groups excluding carboxylic acids is 2. The molecule has 4 rings (SSSR count). The number of amides is 2. The zero-order valence-corrected chi connectivity index (χ0v) is 18.9. The van der Waals surface area contributed by atoms with Gasteiger partial charge in [0.2, 0.25) is 5.91 Å². The Kier molecular flexibility index (Phi) is 5.55. The molecule has 0 saturated carbocycles. The molecular weight excluding hydrogens is 517 g/mol. The Morgan fingerprint density at radius 1 is 1.11 bits per heavy atom. The highest BCUT2D eigenvalue weighted by molar-refractivity contribution is 7.91. The fourth-order valence-electron chi connectivity index (χ4n) is 3.19. The molecule has 0 spiro atoms. The molecule has 1 aliphatic rings. The summed E-state index contributed by atoms with van der Waals surface area (Å²) >= 11 is 0. The first kappa shape index (κ1) is 24.1. The number of benzene rings is 1. The van der Waals surface area contributed by atoms with E-state index in [0.717, 1.165) is 19.3 Å². The first-order chi connectivity index (χ1) is 16.2. The van der Waals surface area contributed by atoms with Crippen LogP contribution in [0.25, 0.3) is 16.7 Å². The summed E-state index contributed by atoms with van der Waals surface area (Å²) in [7, 11) is -9.95. The summed E-state index contributed by atoms with van der Waals surface area (Å²) in [6, 6.07) is 4.95. The highest BCUT2D eigenvalue weighted by atomic mass is 32.2. The van der Waals surface area contributed by atoms with Crippen LogP contribution in [-0.2, 0) is 29.6 Å². The van der Waals surface area contributed by atoms with Crippen molar-refractivity contribution in [3.63, 3.8) is 0 Å². The number of nitrogens with one attached hydrogen (secondary N) is 3. The Labute approximate surface area is 195 Å². The molecule has 0 fully saturated rings. The Morgan fingerprint density at radius 2 is 1.77 bits per heavy atom. The molecule has 0 unspecified atom stereocenters. The number of aromatic nitrogens is 3. The van der Waals surface area contributed by atoms with Crippen LogP contribution in [0.3, 0.4) is 0 Å². The lowest BCUT2D eigenvalue weighted by molar-refractivity contribution is -0.117. The van der Waals surface area contributed by atoms with Gasteiger partial charge in [-0.15, -0.1) is 0 Å². The van der Waals surface area contributed by atoms with E-state index in [1.807, 2.05) is 0 Å². The van der Waals surface area contributed by atoms with Crippen molar-refractivity contribution in [2.45, 2.75) is 17.3 Å². The van der Waals surface area contributed by atoms with Crippen molar-refractivity contribution in [1.82, 2.24) is 18.7 Å². The molecule has 3 aromatic rings. The highest BCUT2D eigenvalue weighted by Crippen LogP contribution is 2.38. The lowest BCUT2D eigenvalue weighted by Gasteiger charge is -2.11. The minimum absolute atomic E-state index is 0.0357. The number of halogens is 3. The number of alkyl halides is 3. The van der Waals surface area contributed by atoms with Gasteiger partial charge < -0.3 is 10.6 Å². The van der Waals surface area contributed by atoms with Crippen molar-refractivity contribution in [1.29, 1.82) is 0 Å². The quantitative estimate of drug-likeness (QED) is 0.412. The van der Waals surface area contributed by atoms with Crippen LogP contribution in [0.2, 0.25) is 0 Å². The summed E-state index contributed by atoms with van der Waals surface area (Å²) < 4.78 is 89.3. The molecule has 12 nitrogen and oxygen atoms in total. The molecule has 0 aliphatic carbocycles. The first-order valence-corrected chi connectivity index (χ1v) is 12.2. The average Bonchev–Trinajstić information content (AvgIpc) is 3.31. The van der Waals surface area contributed by atoms with E-state index in [1.54, 1.807) is 4.72 Å². The first-order valence-electron chi connectivity index (χ1n) is 9.32. The molecule has 184 valence electrons. The maximum atomic E-state index is 13.2. The normalized spacial score (nSPS) is 15.2. The summed E-state index contributed by atoms with van der Waals surface area (Å²) in [6.45, 7) is 1.03. The molecule has 17 heteroatoms. The number of rotatable bonds is 5. The van der Waals surface area contributed by atoms with E-state index in [-0.39, 0.29) is 37.0 Å². The molecular formula is C18H13F3N6O6S2. The third kappa shape index (κ3) is 4.18. The van der Waals surface area contributed by atoms with Crippen LogP contribution in [0.1, 0.15) is 12.5 Å². The molecule has 3 heterocycles. The number of anilines is 2. The van der Waals surface area contributed by atoms with Gasteiger partial charge in [0.15, 0.2) is 5.65 Å². The predicted molar refractivity (Wildman–Crippen MR) is 116 cm³/mol. The fourth-order valence-corrected chi connectivity index (χ4v) is 4.99. The van der Waals surface area contributed by atoms with E-state index in [4.69, 9.17) is 0 Å². The van der Waals surface area contributed by atoms with Gasteiger partial charge in [-0.05, 0) is 24.3 Å². The second-order valence-electron chi connectivity index (χ2n) is 7.05.